The van der Waals surface area contributed by atoms with Gasteiger partial charge < -0.3 is 14.4 Å². The zero-order valence-electron chi connectivity index (χ0n) is 12.6. The van der Waals surface area contributed by atoms with Crippen molar-refractivity contribution in [1.29, 1.82) is 0 Å². The van der Waals surface area contributed by atoms with Crippen molar-refractivity contribution in [3.63, 3.8) is 0 Å². The number of hydrogen-bond acceptors (Lipinski definition) is 4. The van der Waals surface area contributed by atoms with Gasteiger partial charge in [-0.05, 0) is 36.8 Å². The van der Waals surface area contributed by atoms with Crippen LogP contribution in [0.3, 0.4) is 0 Å². The van der Waals surface area contributed by atoms with Crippen molar-refractivity contribution in [2.45, 2.75) is 12.8 Å². The van der Waals surface area contributed by atoms with Gasteiger partial charge in [0.2, 0.25) is 0 Å². The monoisotopic (exact) mass is 303 g/mol. The Kier molecular flexibility index (Phi) is 4.73. The summed E-state index contributed by atoms with van der Waals surface area (Å²) < 4.78 is 10.9. The minimum Gasteiger partial charge on any atom is -0.484 e. The van der Waals surface area contributed by atoms with Crippen LogP contribution in [0, 0.1) is 11.8 Å². The number of carbonyl (C=O) groups is 2. The Morgan fingerprint density at radius 3 is 3.05 bits per heavy atom. The fourth-order valence-corrected chi connectivity index (χ4v) is 3.24. The van der Waals surface area contributed by atoms with Crippen molar-refractivity contribution < 1.29 is 19.1 Å². The summed E-state index contributed by atoms with van der Waals surface area (Å²) in [4.78, 5) is 24.8. The molecule has 2 atom stereocenters. The predicted octanol–water partition coefficient (Wildman–Crippen LogP) is 1.76. The highest BCUT2D eigenvalue weighted by molar-refractivity contribution is 5.78. The molecule has 0 spiro atoms. The Morgan fingerprint density at radius 2 is 2.27 bits per heavy atom. The molecule has 1 aromatic rings. The molecular formula is C17H21NO4. The van der Waals surface area contributed by atoms with Gasteiger partial charge >= 0.3 is 0 Å². The van der Waals surface area contributed by atoms with E-state index in [1.165, 1.54) is 0 Å². The molecule has 0 N–H and O–H groups in total. The molecular weight excluding hydrogens is 282 g/mol. The van der Waals surface area contributed by atoms with Crippen molar-refractivity contribution in [2.75, 3.05) is 32.9 Å². The van der Waals surface area contributed by atoms with Crippen LogP contribution in [-0.2, 0) is 9.53 Å². The van der Waals surface area contributed by atoms with Gasteiger partial charge in [-0.15, -0.1) is 0 Å². The van der Waals surface area contributed by atoms with Gasteiger partial charge in [0.25, 0.3) is 5.91 Å². The summed E-state index contributed by atoms with van der Waals surface area (Å²) in [5, 5.41) is 0. The molecule has 1 aromatic carbocycles. The van der Waals surface area contributed by atoms with Crippen LogP contribution in [-0.4, -0.2) is 50.0 Å². The molecule has 0 bridgehead atoms. The lowest BCUT2D eigenvalue weighted by Crippen LogP contribution is -2.33. The van der Waals surface area contributed by atoms with Gasteiger partial charge in [0.15, 0.2) is 6.61 Å². The van der Waals surface area contributed by atoms with Gasteiger partial charge in [-0.2, -0.15) is 0 Å². The largest absolute Gasteiger partial charge is 0.484 e. The third kappa shape index (κ3) is 3.47. The zero-order valence-corrected chi connectivity index (χ0v) is 12.6. The van der Waals surface area contributed by atoms with Crippen LogP contribution in [0.4, 0.5) is 0 Å². The first-order chi connectivity index (χ1) is 10.8. The topological polar surface area (TPSA) is 55.8 Å². The Hall–Kier alpha value is -1.88. The van der Waals surface area contributed by atoms with Crippen molar-refractivity contribution in [3.05, 3.63) is 29.8 Å². The molecule has 2 aliphatic heterocycles. The highest BCUT2D eigenvalue weighted by atomic mass is 16.5. The van der Waals surface area contributed by atoms with Gasteiger partial charge in [-0.3, -0.25) is 9.59 Å². The predicted molar refractivity (Wildman–Crippen MR) is 80.9 cm³/mol. The van der Waals surface area contributed by atoms with Gasteiger partial charge in [0.05, 0.1) is 0 Å². The summed E-state index contributed by atoms with van der Waals surface area (Å²) in [7, 11) is 0. The summed E-state index contributed by atoms with van der Waals surface area (Å²) in [6.07, 6.45) is 2.94. The lowest BCUT2D eigenvalue weighted by molar-refractivity contribution is -0.132. The third-order valence-electron chi connectivity index (χ3n) is 4.57. The maximum atomic E-state index is 12.2. The first kappa shape index (κ1) is 15.0. The molecule has 118 valence electrons. The third-order valence-corrected chi connectivity index (χ3v) is 4.57. The Balaban J connectivity index is 1.48. The maximum absolute atomic E-state index is 12.2. The van der Waals surface area contributed by atoms with Gasteiger partial charge in [0.1, 0.15) is 12.0 Å². The van der Waals surface area contributed by atoms with E-state index in [9.17, 15) is 9.59 Å². The molecule has 0 radical (unpaired) electrons. The normalized spacial score (nSPS) is 24.5. The summed E-state index contributed by atoms with van der Waals surface area (Å²) >= 11 is 0. The number of aldehydes is 1. The van der Waals surface area contributed by atoms with E-state index in [-0.39, 0.29) is 12.5 Å². The number of rotatable bonds is 5. The fraction of sp³-hybridized carbons (Fsp3) is 0.529. The van der Waals surface area contributed by atoms with Crippen LogP contribution in [0.1, 0.15) is 23.2 Å². The lowest BCUT2D eigenvalue weighted by Gasteiger charge is -2.19. The summed E-state index contributed by atoms with van der Waals surface area (Å²) in [5.41, 5.74) is 0.549. The highest BCUT2D eigenvalue weighted by Crippen LogP contribution is 2.30. The molecule has 2 unspecified atom stereocenters. The standard InChI is InChI=1S/C17H21NO4/c19-10-13-2-1-3-16(8-13)22-12-17(20)18-6-4-14(9-18)15-5-7-21-11-15/h1-3,8,10,14-15H,4-7,9,11-12H2. The maximum Gasteiger partial charge on any atom is 0.260 e. The number of nitrogens with zero attached hydrogens (tertiary/aromatic N) is 1. The molecule has 3 rings (SSSR count). The first-order valence-electron chi connectivity index (χ1n) is 7.80. The molecule has 0 aromatic heterocycles. The number of hydrogen-bond donors (Lipinski definition) is 0. The number of carbonyl (C=O) groups excluding carboxylic acids is 2. The second-order valence-electron chi connectivity index (χ2n) is 5.99. The molecule has 5 heteroatoms. The van der Waals surface area contributed by atoms with Crippen molar-refractivity contribution in [3.8, 4) is 5.75 Å². The van der Waals surface area contributed by atoms with E-state index in [1.54, 1.807) is 24.3 Å². The van der Waals surface area contributed by atoms with Crippen LogP contribution in [0.15, 0.2) is 24.3 Å². The molecule has 0 saturated carbocycles. The quantitative estimate of drug-likeness (QED) is 0.778. The fourth-order valence-electron chi connectivity index (χ4n) is 3.24. The van der Waals surface area contributed by atoms with E-state index in [1.807, 2.05) is 4.90 Å². The number of amides is 1. The minimum absolute atomic E-state index is 0.0120. The van der Waals surface area contributed by atoms with Crippen LogP contribution in [0.25, 0.3) is 0 Å². The average molecular weight is 303 g/mol. The molecule has 22 heavy (non-hydrogen) atoms. The van der Waals surface area contributed by atoms with E-state index in [4.69, 9.17) is 9.47 Å². The van der Waals surface area contributed by atoms with Crippen molar-refractivity contribution >= 4 is 12.2 Å². The molecule has 0 aliphatic carbocycles. The van der Waals surface area contributed by atoms with Crippen LogP contribution >= 0.6 is 0 Å². The molecule has 5 nitrogen and oxygen atoms in total. The number of benzene rings is 1. The Bertz CT molecular complexity index is 539. The molecule has 2 saturated heterocycles. The van der Waals surface area contributed by atoms with Crippen molar-refractivity contribution in [1.82, 2.24) is 4.90 Å². The van der Waals surface area contributed by atoms with E-state index in [0.717, 1.165) is 45.4 Å². The van der Waals surface area contributed by atoms with E-state index in [2.05, 4.69) is 0 Å². The molecule has 2 heterocycles. The van der Waals surface area contributed by atoms with Crippen LogP contribution in [0.5, 0.6) is 5.75 Å². The van der Waals surface area contributed by atoms with E-state index in [0.29, 0.717) is 23.1 Å². The van der Waals surface area contributed by atoms with Gasteiger partial charge in [-0.25, -0.2) is 0 Å². The van der Waals surface area contributed by atoms with Gasteiger partial charge in [-0.1, -0.05) is 12.1 Å². The van der Waals surface area contributed by atoms with E-state index < -0.39 is 0 Å². The molecule has 1 amide bonds. The summed E-state index contributed by atoms with van der Waals surface area (Å²) in [5.74, 6) is 1.73. The zero-order chi connectivity index (χ0) is 15.4. The Morgan fingerprint density at radius 1 is 1.36 bits per heavy atom. The summed E-state index contributed by atoms with van der Waals surface area (Å²) in [6, 6.07) is 6.85. The average Bonchev–Trinajstić information content (AvgIpc) is 3.23. The molecule has 2 aliphatic rings. The SMILES string of the molecule is O=Cc1cccc(OCC(=O)N2CCC(C3CCOC3)C2)c1. The lowest BCUT2D eigenvalue weighted by atomic mass is 9.91. The second-order valence-corrected chi connectivity index (χ2v) is 5.99. The minimum atomic E-state index is 0.0120. The smallest absolute Gasteiger partial charge is 0.260 e. The first-order valence-corrected chi connectivity index (χ1v) is 7.80. The highest BCUT2D eigenvalue weighted by Gasteiger charge is 2.33. The van der Waals surface area contributed by atoms with Crippen LogP contribution in [0.2, 0.25) is 0 Å². The number of ether oxygens (including phenoxy) is 2. The Labute approximate surface area is 130 Å². The molecule has 2 fully saturated rings. The van der Waals surface area contributed by atoms with Gasteiger partial charge in [0, 0.05) is 31.9 Å². The van der Waals surface area contributed by atoms with Crippen molar-refractivity contribution in [2.24, 2.45) is 11.8 Å². The second kappa shape index (κ2) is 6.92. The summed E-state index contributed by atoms with van der Waals surface area (Å²) in [6.45, 7) is 3.32. The van der Waals surface area contributed by atoms with Crippen LogP contribution < -0.4 is 4.74 Å². The number of likely N-dealkylation sites (tertiary alicyclic amines) is 1. The van der Waals surface area contributed by atoms with E-state index >= 15 is 0 Å².